The first kappa shape index (κ1) is 16.9. The minimum atomic E-state index is -0.413. The van der Waals surface area contributed by atoms with E-state index in [0.29, 0.717) is 17.5 Å². The Morgan fingerprint density at radius 2 is 1.72 bits per heavy atom. The Morgan fingerprint density at radius 3 is 2.36 bits per heavy atom. The number of hydrogen-bond donors (Lipinski definition) is 0. The van der Waals surface area contributed by atoms with Crippen LogP contribution in [0.15, 0.2) is 76.9 Å². The van der Waals surface area contributed by atoms with Crippen molar-refractivity contribution in [1.82, 2.24) is 0 Å². The molecule has 0 unspecified atom stereocenters. The molecule has 3 heteroatoms. The molecule has 2 aromatic carbocycles. The van der Waals surface area contributed by atoms with E-state index in [-0.39, 0.29) is 0 Å². The maximum atomic E-state index is 12.1. The maximum Gasteiger partial charge on any atom is 0.363 e. The molecule has 3 nitrogen and oxygen atoms in total. The van der Waals surface area contributed by atoms with Gasteiger partial charge in [-0.25, -0.2) is 9.79 Å². The molecule has 0 spiro atoms. The molecular formula is C22H21NO2. The molecule has 0 atom stereocenters. The normalized spacial score (nSPS) is 16.3. The maximum absolute atomic E-state index is 12.1. The predicted molar refractivity (Wildman–Crippen MR) is 101 cm³/mol. The summed E-state index contributed by atoms with van der Waals surface area (Å²) in [5.74, 6) is 0.408. The van der Waals surface area contributed by atoms with Crippen LogP contribution in [0.4, 0.5) is 0 Å². The number of benzene rings is 2. The molecule has 0 radical (unpaired) electrons. The molecular weight excluding hydrogens is 310 g/mol. The van der Waals surface area contributed by atoms with Gasteiger partial charge in [0.05, 0.1) is 0 Å². The van der Waals surface area contributed by atoms with Crippen molar-refractivity contribution in [1.29, 1.82) is 0 Å². The molecule has 0 aliphatic carbocycles. The van der Waals surface area contributed by atoms with Crippen LogP contribution < -0.4 is 0 Å². The van der Waals surface area contributed by atoms with Crippen LogP contribution in [0.1, 0.15) is 43.4 Å². The van der Waals surface area contributed by atoms with Crippen molar-refractivity contribution in [2.24, 2.45) is 4.99 Å². The lowest BCUT2D eigenvalue weighted by Crippen LogP contribution is -2.05. The molecule has 3 rings (SSSR count). The summed E-state index contributed by atoms with van der Waals surface area (Å²) in [7, 11) is 0. The average molecular weight is 331 g/mol. The second-order valence-corrected chi connectivity index (χ2v) is 6.41. The molecule has 2 aromatic rings. The summed E-state index contributed by atoms with van der Waals surface area (Å²) in [6.45, 7) is 6.23. The van der Waals surface area contributed by atoms with Gasteiger partial charge in [0.2, 0.25) is 5.90 Å². The van der Waals surface area contributed by atoms with Crippen LogP contribution in [-0.2, 0) is 9.53 Å². The van der Waals surface area contributed by atoms with Crippen molar-refractivity contribution < 1.29 is 9.53 Å². The van der Waals surface area contributed by atoms with Crippen molar-refractivity contribution in [3.8, 4) is 0 Å². The standard InChI is InChI=1S/C22H21NO2/c1-15(2)18-9-11-19(12-10-18)21-23-20(22(24)25-21)14-16(3)13-17-7-5-4-6-8-17/h4-15H,1-3H3/b16-13+,20-14-. The summed E-state index contributed by atoms with van der Waals surface area (Å²) in [6, 6.07) is 17.9. The Kier molecular flexibility index (Phi) is 4.94. The van der Waals surface area contributed by atoms with Gasteiger partial charge in [0.1, 0.15) is 0 Å². The third-order valence-corrected chi connectivity index (χ3v) is 4.00. The molecule has 0 N–H and O–H groups in total. The molecule has 0 saturated heterocycles. The van der Waals surface area contributed by atoms with Gasteiger partial charge in [-0.05, 0) is 47.8 Å². The van der Waals surface area contributed by atoms with Crippen molar-refractivity contribution in [2.75, 3.05) is 0 Å². The smallest absolute Gasteiger partial charge is 0.363 e. The van der Waals surface area contributed by atoms with Gasteiger partial charge in [-0.1, -0.05) is 62.4 Å². The first-order chi connectivity index (χ1) is 12.0. The number of esters is 1. The third-order valence-electron chi connectivity index (χ3n) is 4.00. The van der Waals surface area contributed by atoms with Gasteiger partial charge in [0.25, 0.3) is 0 Å². The van der Waals surface area contributed by atoms with Gasteiger partial charge in [-0.3, -0.25) is 0 Å². The number of allylic oxidation sites excluding steroid dienone is 2. The van der Waals surface area contributed by atoms with Gasteiger partial charge in [-0.15, -0.1) is 0 Å². The fraction of sp³-hybridized carbons (Fsp3) is 0.182. The van der Waals surface area contributed by atoms with E-state index < -0.39 is 5.97 Å². The third kappa shape index (κ3) is 4.13. The van der Waals surface area contributed by atoms with Crippen molar-refractivity contribution >= 4 is 17.9 Å². The highest BCUT2D eigenvalue weighted by atomic mass is 16.6. The second kappa shape index (κ2) is 7.31. The molecule has 0 fully saturated rings. The van der Waals surface area contributed by atoms with Crippen LogP contribution in [0.5, 0.6) is 0 Å². The van der Waals surface area contributed by atoms with E-state index in [2.05, 4.69) is 18.8 Å². The van der Waals surface area contributed by atoms with Crippen LogP contribution >= 0.6 is 0 Å². The summed E-state index contributed by atoms with van der Waals surface area (Å²) in [5.41, 5.74) is 4.40. The van der Waals surface area contributed by atoms with Crippen LogP contribution in [0, 0.1) is 0 Å². The molecule has 126 valence electrons. The molecule has 1 aliphatic heterocycles. The SMILES string of the molecule is CC(/C=C1\N=C(c2ccc(C(C)C)cc2)OC1=O)=C\c1ccccc1. The lowest BCUT2D eigenvalue weighted by Gasteiger charge is -2.05. The number of ether oxygens (including phenoxy) is 1. The number of cyclic esters (lactones) is 1. The van der Waals surface area contributed by atoms with Crippen LogP contribution in [0.2, 0.25) is 0 Å². The first-order valence-corrected chi connectivity index (χ1v) is 8.39. The van der Waals surface area contributed by atoms with Gasteiger partial charge >= 0.3 is 5.97 Å². The van der Waals surface area contributed by atoms with Crippen LogP contribution in [-0.4, -0.2) is 11.9 Å². The minimum Gasteiger partial charge on any atom is -0.402 e. The zero-order valence-corrected chi connectivity index (χ0v) is 14.7. The molecule has 1 aliphatic rings. The lowest BCUT2D eigenvalue weighted by atomic mass is 10.0. The van der Waals surface area contributed by atoms with Crippen molar-refractivity contribution in [3.05, 3.63) is 88.6 Å². The quantitative estimate of drug-likeness (QED) is 0.577. The molecule has 0 saturated carbocycles. The van der Waals surface area contributed by atoms with E-state index in [0.717, 1.165) is 16.7 Å². The van der Waals surface area contributed by atoms with Gasteiger partial charge in [-0.2, -0.15) is 0 Å². The topological polar surface area (TPSA) is 38.7 Å². The highest BCUT2D eigenvalue weighted by molar-refractivity contribution is 6.11. The highest BCUT2D eigenvalue weighted by Gasteiger charge is 2.24. The largest absolute Gasteiger partial charge is 0.402 e. The van der Waals surface area contributed by atoms with Crippen LogP contribution in [0.3, 0.4) is 0 Å². The summed E-state index contributed by atoms with van der Waals surface area (Å²) >= 11 is 0. The number of carbonyl (C=O) groups excluding carboxylic acids is 1. The Hall–Kier alpha value is -2.94. The number of nitrogens with zero attached hydrogens (tertiary/aromatic N) is 1. The van der Waals surface area contributed by atoms with E-state index in [1.165, 1.54) is 5.56 Å². The second-order valence-electron chi connectivity index (χ2n) is 6.41. The van der Waals surface area contributed by atoms with Crippen molar-refractivity contribution in [2.45, 2.75) is 26.7 Å². The van der Waals surface area contributed by atoms with Crippen molar-refractivity contribution in [3.63, 3.8) is 0 Å². The van der Waals surface area contributed by atoms with Gasteiger partial charge in [0, 0.05) is 5.56 Å². The Morgan fingerprint density at radius 1 is 1.04 bits per heavy atom. The highest BCUT2D eigenvalue weighted by Crippen LogP contribution is 2.21. The number of rotatable bonds is 4. The fourth-order valence-electron chi connectivity index (χ4n) is 2.61. The van der Waals surface area contributed by atoms with E-state index in [1.54, 1.807) is 6.08 Å². The average Bonchev–Trinajstić information content (AvgIpc) is 2.96. The number of carbonyl (C=O) groups is 1. The summed E-state index contributed by atoms with van der Waals surface area (Å²) in [6.07, 6.45) is 3.76. The van der Waals surface area contributed by atoms with E-state index in [4.69, 9.17) is 4.74 Å². The molecule has 0 aromatic heterocycles. The zero-order chi connectivity index (χ0) is 17.8. The van der Waals surface area contributed by atoms with Crippen LogP contribution in [0.25, 0.3) is 6.08 Å². The van der Waals surface area contributed by atoms with E-state index >= 15 is 0 Å². The Balaban J connectivity index is 1.83. The van der Waals surface area contributed by atoms with E-state index in [1.807, 2.05) is 67.6 Å². The Labute approximate surface area is 148 Å². The fourth-order valence-corrected chi connectivity index (χ4v) is 2.61. The molecule has 1 heterocycles. The van der Waals surface area contributed by atoms with E-state index in [9.17, 15) is 4.79 Å². The number of aliphatic imine (C=N–C) groups is 1. The monoisotopic (exact) mass is 331 g/mol. The first-order valence-electron chi connectivity index (χ1n) is 8.39. The Bertz CT molecular complexity index is 857. The predicted octanol–water partition coefficient (Wildman–Crippen LogP) is 5.10. The minimum absolute atomic E-state index is 0.326. The summed E-state index contributed by atoms with van der Waals surface area (Å²) < 4.78 is 5.33. The molecule has 0 amide bonds. The molecule has 25 heavy (non-hydrogen) atoms. The van der Waals surface area contributed by atoms with Gasteiger partial charge < -0.3 is 4.74 Å². The lowest BCUT2D eigenvalue weighted by molar-refractivity contribution is -0.130. The zero-order valence-electron chi connectivity index (χ0n) is 14.7. The summed E-state index contributed by atoms with van der Waals surface area (Å²) in [5, 5.41) is 0. The molecule has 0 bridgehead atoms. The van der Waals surface area contributed by atoms with Gasteiger partial charge in [0.15, 0.2) is 5.70 Å². The summed E-state index contributed by atoms with van der Waals surface area (Å²) in [4.78, 5) is 16.4. The number of hydrogen-bond acceptors (Lipinski definition) is 3.